The summed E-state index contributed by atoms with van der Waals surface area (Å²) < 4.78 is 9.65. The van der Waals surface area contributed by atoms with Crippen molar-refractivity contribution in [2.75, 3.05) is 13.2 Å². The monoisotopic (exact) mass is 382 g/mol. The van der Waals surface area contributed by atoms with E-state index in [1.165, 1.54) is 0 Å². The van der Waals surface area contributed by atoms with Gasteiger partial charge < -0.3 is 24.8 Å². The Kier molecular flexibility index (Phi) is 8.43. The van der Waals surface area contributed by atoms with E-state index in [9.17, 15) is 24.0 Å². The van der Waals surface area contributed by atoms with Gasteiger partial charge in [-0.1, -0.05) is 0 Å². The van der Waals surface area contributed by atoms with Gasteiger partial charge in [-0.2, -0.15) is 0 Å². The lowest BCUT2D eigenvalue weighted by Crippen LogP contribution is -2.15. The van der Waals surface area contributed by atoms with E-state index in [2.05, 4.69) is 0 Å². The maximum atomic E-state index is 11.9. The van der Waals surface area contributed by atoms with Gasteiger partial charge in [0.25, 0.3) is 0 Å². The van der Waals surface area contributed by atoms with Crippen molar-refractivity contribution < 1.29 is 48.8 Å². The van der Waals surface area contributed by atoms with Gasteiger partial charge in [0.05, 0.1) is 16.7 Å². The molecule has 10 nitrogen and oxygen atoms in total. The molecule has 1 aromatic carbocycles. The lowest BCUT2D eigenvalue weighted by atomic mass is 10.0. The Morgan fingerprint density at radius 2 is 1.37 bits per heavy atom. The van der Waals surface area contributed by atoms with Crippen LogP contribution in [0.3, 0.4) is 0 Å². The zero-order chi connectivity index (χ0) is 20.4. The number of hydrogen-bond acceptors (Lipinski definition) is 7. The van der Waals surface area contributed by atoms with Crippen molar-refractivity contribution in [1.29, 1.82) is 0 Å². The molecule has 10 heteroatoms. The minimum Gasteiger partial charge on any atom is -0.481 e. The third-order valence-electron chi connectivity index (χ3n) is 3.32. The molecule has 146 valence electrons. The number of hydrogen-bond donors (Lipinski definition) is 3. The molecule has 3 N–H and O–H groups in total. The maximum absolute atomic E-state index is 11.9. The van der Waals surface area contributed by atoms with Crippen LogP contribution in [0, 0.1) is 0 Å². The van der Waals surface area contributed by atoms with Crippen molar-refractivity contribution in [3.05, 3.63) is 34.9 Å². The molecule has 0 aliphatic carbocycles. The van der Waals surface area contributed by atoms with Crippen LogP contribution < -0.4 is 0 Å². The first-order valence-corrected chi connectivity index (χ1v) is 7.87. The van der Waals surface area contributed by atoms with E-state index >= 15 is 0 Å². The van der Waals surface area contributed by atoms with E-state index in [-0.39, 0.29) is 31.6 Å². The van der Waals surface area contributed by atoms with Crippen LogP contribution in [0.5, 0.6) is 0 Å². The molecule has 0 amide bonds. The van der Waals surface area contributed by atoms with Crippen LogP contribution in [0.15, 0.2) is 18.2 Å². The molecule has 0 aromatic heterocycles. The zero-order valence-corrected chi connectivity index (χ0v) is 14.2. The Morgan fingerprint density at radius 1 is 0.778 bits per heavy atom. The Hall–Kier alpha value is -3.43. The van der Waals surface area contributed by atoms with Gasteiger partial charge in [0, 0.05) is 12.8 Å². The van der Waals surface area contributed by atoms with E-state index in [0.717, 1.165) is 18.2 Å². The summed E-state index contributed by atoms with van der Waals surface area (Å²) in [4.78, 5) is 55.6. The third kappa shape index (κ3) is 7.55. The van der Waals surface area contributed by atoms with E-state index in [1.807, 2.05) is 0 Å². The second-order valence-electron chi connectivity index (χ2n) is 5.33. The summed E-state index contributed by atoms with van der Waals surface area (Å²) in [5.74, 6) is -5.35. The summed E-state index contributed by atoms with van der Waals surface area (Å²) in [6, 6.07) is 2.99. The number of aliphatic carboxylic acids is 1. The Balaban J connectivity index is 2.43. The molecular weight excluding hydrogens is 364 g/mol. The number of carboxylic acid groups (broad SMARTS) is 3. The van der Waals surface area contributed by atoms with Crippen molar-refractivity contribution in [3.63, 3.8) is 0 Å². The van der Waals surface area contributed by atoms with E-state index in [0.29, 0.717) is 12.8 Å². The van der Waals surface area contributed by atoms with Gasteiger partial charge in [-0.15, -0.1) is 0 Å². The van der Waals surface area contributed by atoms with Crippen LogP contribution in [0.2, 0.25) is 0 Å². The average Bonchev–Trinajstić information content (AvgIpc) is 2.61. The van der Waals surface area contributed by atoms with Crippen LogP contribution in [-0.4, -0.2) is 58.4 Å². The standard InChI is InChI=1S/C17H18O10/c18-13(19)3-1-2-4-14(20)26-7-8-27-17(25)10-5-6-11(15(21)22)12(9-10)16(23)24/h5-6,9H,1-4,7-8H2,(H,18,19)(H,21,22)(H,23,24). The maximum Gasteiger partial charge on any atom is 0.338 e. The van der Waals surface area contributed by atoms with Gasteiger partial charge in [0.2, 0.25) is 0 Å². The fraction of sp³-hybridized carbons (Fsp3) is 0.353. The summed E-state index contributed by atoms with van der Waals surface area (Å²) in [5.41, 5.74) is -1.17. The van der Waals surface area contributed by atoms with Gasteiger partial charge >= 0.3 is 29.8 Å². The van der Waals surface area contributed by atoms with Gasteiger partial charge in [-0.05, 0) is 31.0 Å². The summed E-state index contributed by atoms with van der Waals surface area (Å²) >= 11 is 0. The minimum atomic E-state index is -1.50. The normalized spacial score (nSPS) is 10.1. The van der Waals surface area contributed by atoms with E-state index < -0.39 is 41.0 Å². The van der Waals surface area contributed by atoms with Crippen LogP contribution >= 0.6 is 0 Å². The molecule has 0 saturated carbocycles. The first kappa shape index (κ1) is 21.6. The molecule has 0 heterocycles. The van der Waals surface area contributed by atoms with E-state index in [1.54, 1.807) is 0 Å². The molecule has 0 radical (unpaired) electrons. The lowest BCUT2D eigenvalue weighted by molar-refractivity contribution is -0.145. The predicted molar refractivity (Wildman–Crippen MR) is 87.7 cm³/mol. The molecule has 0 saturated heterocycles. The van der Waals surface area contributed by atoms with Crippen molar-refractivity contribution in [2.45, 2.75) is 25.7 Å². The summed E-state index contributed by atoms with van der Waals surface area (Å²) in [6.45, 7) is -0.495. The van der Waals surface area contributed by atoms with Gasteiger partial charge in [0.1, 0.15) is 13.2 Å². The second kappa shape index (κ2) is 10.5. The molecule has 1 rings (SSSR count). The quantitative estimate of drug-likeness (QED) is 0.376. The lowest BCUT2D eigenvalue weighted by Gasteiger charge is -2.08. The number of ether oxygens (including phenoxy) is 2. The van der Waals surface area contributed by atoms with Crippen LogP contribution in [-0.2, 0) is 19.1 Å². The summed E-state index contributed by atoms with van der Waals surface area (Å²) in [7, 11) is 0. The number of aromatic carboxylic acids is 2. The minimum absolute atomic E-state index is 0.0378. The molecule has 0 unspecified atom stereocenters. The highest BCUT2D eigenvalue weighted by Crippen LogP contribution is 2.14. The number of esters is 2. The Labute approximate surface area is 153 Å². The van der Waals surface area contributed by atoms with Crippen molar-refractivity contribution in [1.82, 2.24) is 0 Å². The topological polar surface area (TPSA) is 164 Å². The van der Waals surface area contributed by atoms with Crippen LogP contribution in [0.25, 0.3) is 0 Å². The fourth-order valence-electron chi connectivity index (χ4n) is 2.03. The number of benzene rings is 1. The number of rotatable bonds is 11. The number of carbonyl (C=O) groups excluding carboxylic acids is 2. The highest BCUT2D eigenvalue weighted by Gasteiger charge is 2.19. The molecule has 0 fully saturated rings. The molecule has 27 heavy (non-hydrogen) atoms. The van der Waals surface area contributed by atoms with Crippen LogP contribution in [0.4, 0.5) is 0 Å². The Bertz CT molecular complexity index is 737. The highest BCUT2D eigenvalue weighted by atomic mass is 16.6. The molecule has 0 aliphatic rings. The van der Waals surface area contributed by atoms with Crippen molar-refractivity contribution in [2.24, 2.45) is 0 Å². The smallest absolute Gasteiger partial charge is 0.338 e. The van der Waals surface area contributed by atoms with Crippen molar-refractivity contribution in [3.8, 4) is 0 Å². The summed E-state index contributed by atoms with van der Waals surface area (Å²) in [6.07, 6.45) is 0.709. The highest BCUT2D eigenvalue weighted by molar-refractivity contribution is 6.03. The number of carboxylic acids is 3. The first-order chi connectivity index (χ1) is 12.7. The largest absolute Gasteiger partial charge is 0.481 e. The molecular formula is C17H18O10. The van der Waals surface area contributed by atoms with Gasteiger partial charge in [-0.25, -0.2) is 14.4 Å². The number of carbonyl (C=O) groups is 5. The first-order valence-electron chi connectivity index (χ1n) is 7.87. The summed E-state index contributed by atoms with van der Waals surface area (Å²) in [5, 5.41) is 26.4. The SMILES string of the molecule is O=C(O)CCCCC(=O)OCCOC(=O)c1ccc(C(=O)O)c(C(=O)O)c1. The molecule has 0 spiro atoms. The molecule has 0 bridgehead atoms. The predicted octanol–water partition coefficient (Wildman–Crippen LogP) is 1.43. The zero-order valence-electron chi connectivity index (χ0n) is 14.2. The average molecular weight is 382 g/mol. The molecule has 0 aliphatic heterocycles. The van der Waals surface area contributed by atoms with Crippen molar-refractivity contribution >= 4 is 29.8 Å². The third-order valence-corrected chi connectivity index (χ3v) is 3.32. The fourth-order valence-corrected chi connectivity index (χ4v) is 2.03. The molecule has 1 aromatic rings. The van der Waals surface area contributed by atoms with E-state index in [4.69, 9.17) is 24.8 Å². The Morgan fingerprint density at radius 3 is 1.96 bits per heavy atom. The van der Waals surface area contributed by atoms with Crippen LogP contribution in [0.1, 0.15) is 56.8 Å². The second-order valence-corrected chi connectivity index (χ2v) is 5.33. The molecule has 0 atom stereocenters. The number of unbranched alkanes of at least 4 members (excludes halogenated alkanes) is 1. The van der Waals surface area contributed by atoms with Gasteiger partial charge in [0.15, 0.2) is 0 Å². The van der Waals surface area contributed by atoms with Gasteiger partial charge in [-0.3, -0.25) is 9.59 Å².